The molecule has 0 saturated heterocycles. The Kier molecular flexibility index (Phi) is 5.67. The number of rotatable bonds is 4. The molecule has 0 aliphatic rings. The summed E-state index contributed by atoms with van der Waals surface area (Å²) in [7, 11) is 0. The molecule has 1 aromatic heterocycles. The van der Waals surface area contributed by atoms with Crippen molar-refractivity contribution in [3.05, 3.63) is 51.1 Å². The summed E-state index contributed by atoms with van der Waals surface area (Å²) in [6, 6.07) is 7.60. The molecule has 2 rings (SSSR count). The van der Waals surface area contributed by atoms with E-state index in [4.69, 9.17) is 11.6 Å². The normalized spacial score (nSPS) is 10.5. The second kappa shape index (κ2) is 7.29. The monoisotopic (exact) mass is 384 g/mol. The number of aryl methyl sites for hydroxylation is 2. The van der Waals surface area contributed by atoms with E-state index in [2.05, 4.69) is 26.2 Å². The molecule has 0 fully saturated rings. The second-order valence-corrected chi connectivity index (χ2v) is 6.91. The van der Waals surface area contributed by atoms with E-state index in [1.165, 1.54) is 11.8 Å². The summed E-state index contributed by atoms with van der Waals surface area (Å²) in [6.45, 7) is 3.90. The maximum Gasteiger partial charge on any atom is 0.234 e. The molecule has 1 heterocycles. The van der Waals surface area contributed by atoms with Crippen molar-refractivity contribution in [1.82, 2.24) is 4.98 Å². The summed E-state index contributed by atoms with van der Waals surface area (Å²) in [5, 5.41) is 4.23. The summed E-state index contributed by atoms with van der Waals surface area (Å²) in [6.07, 6.45) is 1.71. The number of hydrogen-bond acceptors (Lipinski definition) is 3. The number of hydrogen-bond donors (Lipinski definition) is 1. The number of halogens is 2. The molecule has 110 valence electrons. The van der Waals surface area contributed by atoms with E-state index in [1.54, 1.807) is 6.20 Å². The van der Waals surface area contributed by atoms with Crippen molar-refractivity contribution in [2.45, 2.75) is 18.9 Å². The van der Waals surface area contributed by atoms with E-state index in [0.717, 1.165) is 20.6 Å². The summed E-state index contributed by atoms with van der Waals surface area (Å²) < 4.78 is 0.915. The number of carbonyl (C=O) groups excluding carboxylic acids is 1. The molecule has 1 N–H and O–H groups in total. The molecular weight excluding hydrogens is 372 g/mol. The Hall–Kier alpha value is -1.04. The molecular formula is C15H14BrClN2OS. The highest BCUT2D eigenvalue weighted by molar-refractivity contribution is 9.10. The van der Waals surface area contributed by atoms with Crippen LogP contribution in [-0.2, 0) is 4.79 Å². The molecule has 21 heavy (non-hydrogen) atoms. The third kappa shape index (κ3) is 4.73. The first kappa shape index (κ1) is 16.3. The van der Waals surface area contributed by atoms with Gasteiger partial charge in [0.25, 0.3) is 0 Å². The summed E-state index contributed by atoms with van der Waals surface area (Å²) in [5.41, 5.74) is 2.71. The first-order valence-corrected chi connectivity index (χ1v) is 8.42. The fourth-order valence-corrected chi connectivity index (χ4v) is 3.08. The fourth-order valence-electron chi connectivity index (χ4n) is 1.84. The Balaban J connectivity index is 1.97. The van der Waals surface area contributed by atoms with Gasteiger partial charge in [0.05, 0.1) is 21.5 Å². The number of carbonyl (C=O) groups is 1. The number of amides is 1. The third-order valence-corrected chi connectivity index (χ3v) is 4.46. The predicted octanol–water partition coefficient (Wildman–Crippen LogP) is 4.85. The molecule has 3 nitrogen and oxygen atoms in total. The zero-order chi connectivity index (χ0) is 15.4. The minimum absolute atomic E-state index is 0.0985. The minimum atomic E-state index is -0.0985. The van der Waals surface area contributed by atoms with Crippen molar-refractivity contribution in [3.8, 4) is 0 Å². The lowest BCUT2D eigenvalue weighted by Gasteiger charge is -2.11. The molecule has 1 aromatic carbocycles. The molecule has 2 aromatic rings. The van der Waals surface area contributed by atoms with Gasteiger partial charge in [-0.25, -0.2) is 4.98 Å². The van der Waals surface area contributed by atoms with E-state index in [-0.39, 0.29) is 11.7 Å². The molecule has 0 spiro atoms. The van der Waals surface area contributed by atoms with Crippen LogP contribution in [0.2, 0.25) is 5.02 Å². The van der Waals surface area contributed by atoms with Crippen LogP contribution in [0.25, 0.3) is 0 Å². The molecule has 0 aliphatic carbocycles. The van der Waals surface area contributed by atoms with Gasteiger partial charge in [0.2, 0.25) is 5.91 Å². The Labute approximate surface area is 141 Å². The third-order valence-electron chi connectivity index (χ3n) is 2.75. The first-order valence-electron chi connectivity index (χ1n) is 6.26. The summed E-state index contributed by atoms with van der Waals surface area (Å²) in [5.74, 6) is 0.191. The maximum absolute atomic E-state index is 12.0. The van der Waals surface area contributed by atoms with E-state index < -0.39 is 0 Å². The smallest absolute Gasteiger partial charge is 0.234 e. The highest BCUT2D eigenvalue weighted by Gasteiger charge is 2.10. The molecule has 1 amide bonds. The van der Waals surface area contributed by atoms with Crippen LogP contribution >= 0.6 is 39.3 Å². The van der Waals surface area contributed by atoms with Gasteiger partial charge in [-0.1, -0.05) is 29.4 Å². The highest BCUT2D eigenvalue weighted by Crippen LogP contribution is 2.27. The average molecular weight is 386 g/mol. The van der Waals surface area contributed by atoms with Gasteiger partial charge < -0.3 is 5.32 Å². The zero-order valence-electron chi connectivity index (χ0n) is 11.6. The lowest BCUT2D eigenvalue weighted by Crippen LogP contribution is -2.15. The van der Waals surface area contributed by atoms with Gasteiger partial charge in [0, 0.05) is 10.7 Å². The summed E-state index contributed by atoms with van der Waals surface area (Å²) in [4.78, 5) is 16.2. The Bertz CT molecular complexity index is 638. The van der Waals surface area contributed by atoms with Crippen molar-refractivity contribution in [3.63, 3.8) is 0 Å². The number of aromatic nitrogens is 1. The van der Waals surface area contributed by atoms with Crippen molar-refractivity contribution >= 4 is 50.9 Å². The van der Waals surface area contributed by atoms with Crippen LogP contribution in [0.15, 0.2) is 40.0 Å². The van der Waals surface area contributed by atoms with Crippen molar-refractivity contribution in [2.24, 2.45) is 0 Å². The molecule has 0 aliphatic heterocycles. The Morgan fingerprint density at radius 2 is 2.14 bits per heavy atom. The van der Waals surface area contributed by atoms with E-state index in [1.807, 2.05) is 38.1 Å². The van der Waals surface area contributed by atoms with E-state index in [0.29, 0.717) is 10.7 Å². The lowest BCUT2D eigenvalue weighted by atomic mass is 10.1. The number of nitrogens with zero attached hydrogens (tertiary/aromatic N) is 1. The molecule has 0 bridgehead atoms. The number of benzene rings is 1. The van der Waals surface area contributed by atoms with Crippen LogP contribution in [0.5, 0.6) is 0 Å². The number of anilines is 1. The highest BCUT2D eigenvalue weighted by atomic mass is 79.9. The number of nitrogens with one attached hydrogen (secondary N) is 1. The topological polar surface area (TPSA) is 42.0 Å². The minimum Gasteiger partial charge on any atom is -0.324 e. The van der Waals surface area contributed by atoms with Gasteiger partial charge in [-0.3, -0.25) is 4.79 Å². The molecule has 0 unspecified atom stereocenters. The van der Waals surface area contributed by atoms with Gasteiger partial charge in [-0.2, -0.15) is 0 Å². The fraction of sp³-hybridized carbons (Fsp3) is 0.200. The molecule has 0 atom stereocenters. The molecule has 0 radical (unpaired) electrons. The van der Waals surface area contributed by atoms with E-state index in [9.17, 15) is 4.79 Å². The number of thioether (sulfide) groups is 1. The van der Waals surface area contributed by atoms with Crippen molar-refractivity contribution < 1.29 is 4.79 Å². The van der Waals surface area contributed by atoms with Gasteiger partial charge in [-0.05, 0) is 59.1 Å². The Morgan fingerprint density at radius 1 is 1.38 bits per heavy atom. The van der Waals surface area contributed by atoms with Crippen LogP contribution in [0, 0.1) is 13.8 Å². The van der Waals surface area contributed by atoms with Crippen LogP contribution in [-0.4, -0.2) is 16.6 Å². The summed E-state index contributed by atoms with van der Waals surface area (Å²) >= 11 is 10.9. The van der Waals surface area contributed by atoms with Gasteiger partial charge in [0.1, 0.15) is 0 Å². The average Bonchev–Trinajstić information content (AvgIpc) is 2.42. The second-order valence-electron chi connectivity index (χ2n) is 4.59. The quantitative estimate of drug-likeness (QED) is 0.765. The van der Waals surface area contributed by atoms with Crippen LogP contribution in [0.1, 0.15) is 11.1 Å². The largest absolute Gasteiger partial charge is 0.324 e. The lowest BCUT2D eigenvalue weighted by molar-refractivity contribution is -0.113. The molecule has 6 heteroatoms. The first-order chi connectivity index (χ1) is 9.95. The Morgan fingerprint density at radius 3 is 2.76 bits per heavy atom. The van der Waals surface area contributed by atoms with Crippen molar-refractivity contribution in [1.29, 1.82) is 0 Å². The predicted molar refractivity (Wildman–Crippen MR) is 92.2 cm³/mol. The van der Waals surface area contributed by atoms with Crippen molar-refractivity contribution in [2.75, 3.05) is 11.1 Å². The van der Waals surface area contributed by atoms with Crippen LogP contribution in [0.3, 0.4) is 0 Å². The number of pyridine rings is 1. The SMILES string of the molecule is Cc1cc(C)c(NC(=O)CSc2ccc(Br)cn2)c(Cl)c1. The standard InChI is InChI=1S/C15H14BrClN2OS/c1-9-5-10(2)15(12(17)6-9)19-13(20)8-21-14-4-3-11(16)7-18-14/h3-7H,8H2,1-2H3,(H,19,20). The zero-order valence-corrected chi connectivity index (χ0v) is 14.8. The maximum atomic E-state index is 12.0. The van der Waals surface area contributed by atoms with Gasteiger partial charge in [0.15, 0.2) is 0 Å². The van der Waals surface area contributed by atoms with Crippen LogP contribution < -0.4 is 5.32 Å². The molecule has 0 saturated carbocycles. The van der Waals surface area contributed by atoms with Crippen LogP contribution in [0.4, 0.5) is 5.69 Å². The van der Waals surface area contributed by atoms with Gasteiger partial charge in [-0.15, -0.1) is 0 Å². The van der Waals surface area contributed by atoms with Gasteiger partial charge >= 0.3 is 0 Å². The van der Waals surface area contributed by atoms with E-state index >= 15 is 0 Å².